The van der Waals surface area contributed by atoms with Crippen molar-refractivity contribution in [2.75, 3.05) is 0 Å². The molecular formula is C22H12Cl3F3N2O3. The first kappa shape index (κ1) is 24.6. The molecule has 3 rings (SSSR count). The van der Waals surface area contributed by atoms with Crippen LogP contribution in [0.5, 0.6) is 5.75 Å². The Balaban J connectivity index is 1.78. The number of carbonyl (C=O) groups is 2. The molecule has 33 heavy (non-hydrogen) atoms. The monoisotopic (exact) mass is 514 g/mol. The van der Waals surface area contributed by atoms with E-state index in [9.17, 15) is 22.8 Å². The Morgan fingerprint density at radius 2 is 1.64 bits per heavy atom. The van der Waals surface area contributed by atoms with Crippen molar-refractivity contribution in [3.8, 4) is 5.75 Å². The molecule has 0 radical (unpaired) electrons. The van der Waals surface area contributed by atoms with Crippen LogP contribution in [-0.4, -0.2) is 18.1 Å². The van der Waals surface area contributed by atoms with Crippen LogP contribution in [0.15, 0.2) is 65.8 Å². The van der Waals surface area contributed by atoms with Crippen LogP contribution in [0.3, 0.4) is 0 Å². The van der Waals surface area contributed by atoms with E-state index in [1.165, 1.54) is 42.5 Å². The third-order valence-electron chi connectivity index (χ3n) is 4.15. The SMILES string of the molecule is O=C(Oc1ccc(Cl)cc1/C=N/NC(=O)c1ccc(Cl)cc1Cl)c1cccc(C(F)(F)F)c1. The number of hydrogen-bond donors (Lipinski definition) is 1. The second-order valence-electron chi connectivity index (χ2n) is 6.47. The number of rotatable bonds is 5. The van der Waals surface area contributed by atoms with Crippen molar-refractivity contribution < 1.29 is 27.5 Å². The Morgan fingerprint density at radius 3 is 2.33 bits per heavy atom. The number of benzene rings is 3. The maximum atomic E-state index is 12.9. The second-order valence-corrected chi connectivity index (χ2v) is 7.75. The predicted molar refractivity (Wildman–Crippen MR) is 119 cm³/mol. The van der Waals surface area contributed by atoms with Gasteiger partial charge in [0.2, 0.25) is 0 Å². The molecule has 3 aromatic rings. The lowest BCUT2D eigenvalue weighted by molar-refractivity contribution is -0.137. The minimum atomic E-state index is -4.61. The number of halogens is 6. The van der Waals surface area contributed by atoms with Crippen LogP contribution in [0, 0.1) is 0 Å². The van der Waals surface area contributed by atoms with Crippen LogP contribution in [0.25, 0.3) is 0 Å². The molecule has 0 aliphatic carbocycles. The van der Waals surface area contributed by atoms with Gasteiger partial charge in [-0.2, -0.15) is 18.3 Å². The average Bonchev–Trinajstić information content (AvgIpc) is 2.75. The van der Waals surface area contributed by atoms with E-state index < -0.39 is 23.6 Å². The van der Waals surface area contributed by atoms with Crippen molar-refractivity contribution in [2.45, 2.75) is 6.18 Å². The number of hydrazone groups is 1. The molecule has 0 spiro atoms. The lowest BCUT2D eigenvalue weighted by Crippen LogP contribution is -2.18. The molecule has 0 atom stereocenters. The van der Waals surface area contributed by atoms with E-state index in [4.69, 9.17) is 39.5 Å². The highest BCUT2D eigenvalue weighted by molar-refractivity contribution is 6.36. The van der Waals surface area contributed by atoms with Crippen molar-refractivity contribution in [1.29, 1.82) is 0 Å². The van der Waals surface area contributed by atoms with Gasteiger partial charge in [0, 0.05) is 15.6 Å². The van der Waals surface area contributed by atoms with E-state index in [-0.39, 0.29) is 32.5 Å². The smallest absolute Gasteiger partial charge is 0.416 e. The van der Waals surface area contributed by atoms with Crippen LogP contribution >= 0.6 is 34.8 Å². The highest BCUT2D eigenvalue weighted by Crippen LogP contribution is 2.30. The summed E-state index contributed by atoms with van der Waals surface area (Å²) in [6, 6.07) is 12.2. The van der Waals surface area contributed by atoms with Gasteiger partial charge in [-0.15, -0.1) is 0 Å². The van der Waals surface area contributed by atoms with Crippen molar-refractivity contribution in [3.63, 3.8) is 0 Å². The second kappa shape index (κ2) is 10.2. The number of amides is 1. The standard InChI is InChI=1S/C22H12Cl3F3N2O3/c23-15-5-7-19(33-21(32)12-2-1-3-14(8-12)22(26,27)28)13(9-15)11-29-30-20(31)17-6-4-16(24)10-18(17)25/h1-11H,(H,30,31)/b29-11+. The van der Waals surface area contributed by atoms with Gasteiger partial charge in [0.15, 0.2) is 0 Å². The zero-order valence-corrected chi connectivity index (χ0v) is 18.6. The molecule has 3 aromatic carbocycles. The zero-order valence-electron chi connectivity index (χ0n) is 16.3. The lowest BCUT2D eigenvalue weighted by Gasteiger charge is -2.10. The van der Waals surface area contributed by atoms with Crippen LogP contribution in [0.2, 0.25) is 15.1 Å². The minimum absolute atomic E-state index is 0.0377. The Bertz CT molecular complexity index is 1250. The minimum Gasteiger partial charge on any atom is -0.422 e. The number of nitrogens with one attached hydrogen (secondary N) is 1. The van der Waals surface area contributed by atoms with E-state index in [1.54, 1.807) is 0 Å². The topological polar surface area (TPSA) is 67.8 Å². The first-order valence-electron chi connectivity index (χ1n) is 9.02. The van der Waals surface area contributed by atoms with E-state index in [0.717, 1.165) is 18.3 Å². The van der Waals surface area contributed by atoms with Gasteiger partial charge < -0.3 is 4.74 Å². The fourth-order valence-electron chi connectivity index (χ4n) is 2.59. The predicted octanol–water partition coefficient (Wildman–Crippen LogP) is 6.65. The number of alkyl halides is 3. The summed E-state index contributed by atoms with van der Waals surface area (Å²) in [5.41, 5.74) is 1.28. The van der Waals surface area contributed by atoms with Gasteiger partial charge in [0.05, 0.1) is 27.9 Å². The molecule has 0 unspecified atom stereocenters. The summed E-state index contributed by atoms with van der Waals surface area (Å²) < 4.78 is 43.9. The van der Waals surface area contributed by atoms with Gasteiger partial charge in [-0.1, -0.05) is 40.9 Å². The Kier molecular flexibility index (Phi) is 7.63. The fraction of sp³-hybridized carbons (Fsp3) is 0.0455. The van der Waals surface area contributed by atoms with Gasteiger partial charge in [-0.25, -0.2) is 10.2 Å². The summed E-state index contributed by atoms with van der Waals surface area (Å²) in [5.74, 6) is -1.68. The number of ether oxygens (including phenoxy) is 1. The Labute approximate surface area is 200 Å². The average molecular weight is 516 g/mol. The number of nitrogens with zero attached hydrogens (tertiary/aromatic N) is 1. The van der Waals surface area contributed by atoms with Crippen molar-refractivity contribution >= 4 is 52.9 Å². The molecule has 5 nitrogen and oxygen atoms in total. The van der Waals surface area contributed by atoms with Gasteiger partial charge >= 0.3 is 12.1 Å². The maximum absolute atomic E-state index is 12.9. The first-order valence-corrected chi connectivity index (χ1v) is 10.2. The quantitative estimate of drug-likeness (QED) is 0.179. The molecule has 0 aromatic heterocycles. The molecular weight excluding hydrogens is 504 g/mol. The molecule has 0 fully saturated rings. The molecule has 0 aliphatic heterocycles. The third kappa shape index (κ3) is 6.47. The van der Waals surface area contributed by atoms with E-state index in [0.29, 0.717) is 11.1 Å². The maximum Gasteiger partial charge on any atom is 0.416 e. The molecule has 0 saturated heterocycles. The van der Waals surface area contributed by atoms with Crippen LogP contribution in [0.1, 0.15) is 31.8 Å². The highest BCUT2D eigenvalue weighted by atomic mass is 35.5. The van der Waals surface area contributed by atoms with Gasteiger partial charge in [0.25, 0.3) is 5.91 Å². The van der Waals surface area contributed by atoms with Crippen LogP contribution in [0.4, 0.5) is 13.2 Å². The highest BCUT2D eigenvalue weighted by Gasteiger charge is 2.31. The van der Waals surface area contributed by atoms with Gasteiger partial charge in [-0.05, 0) is 54.6 Å². The summed E-state index contributed by atoms with van der Waals surface area (Å²) in [4.78, 5) is 24.6. The zero-order chi connectivity index (χ0) is 24.2. The normalized spacial score (nSPS) is 11.5. The number of esters is 1. The largest absolute Gasteiger partial charge is 0.422 e. The van der Waals surface area contributed by atoms with Crippen LogP contribution < -0.4 is 10.2 Å². The van der Waals surface area contributed by atoms with Crippen molar-refractivity contribution in [3.05, 3.63) is 98.0 Å². The van der Waals surface area contributed by atoms with Crippen molar-refractivity contribution in [2.24, 2.45) is 5.10 Å². The molecule has 0 saturated carbocycles. The fourth-order valence-corrected chi connectivity index (χ4v) is 3.26. The third-order valence-corrected chi connectivity index (χ3v) is 4.93. The Morgan fingerprint density at radius 1 is 0.939 bits per heavy atom. The molecule has 0 aliphatic rings. The first-order chi connectivity index (χ1) is 15.5. The van der Waals surface area contributed by atoms with E-state index in [1.807, 2.05) is 0 Å². The summed E-state index contributed by atoms with van der Waals surface area (Å²) in [6.07, 6.45) is -3.46. The molecule has 1 amide bonds. The summed E-state index contributed by atoms with van der Waals surface area (Å²) >= 11 is 17.7. The molecule has 170 valence electrons. The van der Waals surface area contributed by atoms with E-state index >= 15 is 0 Å². The molecule has 0 bridgehead atoms. The van der Waals surface area contributed by atoms with Gasteiger partial charge in [0.1, 0.15) is 5.75 Å². The summed E-state index contributed by atoms with van der Waals surface area (Å²) in [6.45, 7) is 0. The number of hydrogen-bond acceptors (Lipinski definition) is 4. The Hall–Kier alpha value is -3.07. The van der Waals surface area contributed by atoms with Crippen molar-refractivity contribution in [1.82, 2.24) is 5.43 Å². The van der Waals surface area contributed by atoms with Gasteiger partial charge in [-0.3, -0.25) is 4.79 Å². The number of carbonyl (C=O) groups excluding carboxylic acids is 2. The van der Waals surface area contributed by atoms with Crippen LogP contribution in [-0.2, 0) is 6.18 Å². The molecule has 11 heteroatoms. The summed E-state index contributed by atoms with van der Waals surface area (Å²) in [5, 5.41) is 4.53. The molecule has 0 heterocycles. The van der Waals surface area contributed by atoms with E-state index in [2.05, 4.69) is 10.5 Å². The lowest BCUT2D eigenvalue weighted by atomic mass is 10.1. The molecule has 1 N–H and O–H groups in total. The summed E-state index contributed by atoms with van der Waals surface area (Å²) in [7, 11) is 0.